The molecule has 2 aliphatic rings. The van der Waals surface area contributed by atoms with Crippen LogP contribution in [-0.2, 0) is 0 Å². The topological polar surface area (TPSA) is 83.8 Å². The zero-order valence-corrected chi connectivity index (χ0v) is 17.0. The first-order valence-corrected chi connectivity index (χ1v) is 10.2. The van der Waals surface area contributed by atoms with Gasteiger partial charge in [-0.15, -0.1) is 10.2 Å². The third-order valence-electron chi connectivity index (χ3n) is 6.63. The van der Waals surface area contributed by atoms with Crippen LogP contribution in [-0.4, -0.2) is 43.0 Å². The smallest absolute Gasteiger partial charge is 0.177 e. The molecular weight excluding hydrogens is 381 g/mol. The van der Waals surface area contributed by atoms with Gasteiger partial charge in [0.2, 0.25) is 0 Å². The molecule has 6 nitrogen and oxygen atoms in total. The first-order chi connectivity index (χ1) is 14.3. The van der Waals surface area contributed by atoms with E-state index in [0.717, 1.165) is 17.2 Å². The molecule has 0 saturated carbocycles. The Balaban J connectivity index is 1.43. The normalized spacial score (nSPS) is 30.5. The van der Waals surface area contributed by atoms with Crippen LogP contribution in [0.15, 0.2) is 43.4 Å². The van der Waals surface area contributed by atoms with E-state index in [4.69, 9.17) is 0 Å². The van der Waals surface area contributed by atoms with Crippen molar-refractivity contribution in [2.24, 2.45) is 11.8 Å². The van der Waals surface area contributed by atoms with Gasteiger partial charge in [0.1, 0.15) is 17.6 Å². The zero-order chi connectivity index (χ0) is 21.0. The number of nitrogens with zero attached hydrogens (tertiary/aromatic N) is 4. The number of benzene rings is 1. The van der Waals surface area contributed by atoms with E-state index in [1.54, 1.807) is 24.7 Å². The summed E-state index contributed by atoms with van der Waals surface area (Å²) in [7, 11) is 0. The summed E-state index contributed by atoms with van der Waals surface area (Å²) in [5.74, 6) is 0.392. The highest BCUT2D eigenvalue weighted by Crippen LogP contribution is 2.46. The molecule has 3 aromatic rings. The van der Waals surface area contributed by atoms with Crippen LogP contribution in [0.2, 0.25) is 0 Å². The van der Waals surface area contributed by atoms with Gasteiger partial charge >= 0.3 is 0 Å². The Hall–Kier alpha value is -2.93. The van der Waals surface area contributed by atoms with Crippen molar-refractivity contribution in [3.8, 4) is 17.0 Å². The summed E-state index contributed by atoms with van der Waals surface area (Å²) >= 11 is 0. The van der Waals surface area contributed by atoms with Crippen LogP contribution in [0.3, 0.4) is 0 Å². The molecule has 2 saturated heterocycles. The summed E-state index contributed by atoms with van der Waals surface area (Å²) in [6.45, 7) is 8.37. The number of alkyl halides is 1. The molecule has 0 amide bonds. The molecule has 0 spiro atoms. The number of pyridine rings is 1. The first kappa shape index (κ1) is 19.1. The number of rotatable bonds is 3. The molecule has 0 aliphatic carbocycles. The minimum absolute atomic E-state index is 0.0823. The maximum absolute atomic E-state index is 15.2. The number of nitrogens with one attached hydrogen (secondary N) is 1. The van der Waals surface area contributed by atoms with Gasteiger partial charge in [0.25, 0.3) is 0 Å². The van der Waals surface area contributed by atoms with Crippen LogP contribution in [0.1, 0.15) is 32.5 Å². The number of aromatic hydroxyl groups is 1. The van der Waals surface area contributed by atoms with Crippen molar-refractivity contribution >= 4 is 16.3 Å². The highest BCUT2D eigenvalue weighted by molar-refractivity contribution is 5.89. The molecule has 2 aliphatic heterocycles. The van der Waals surface area contributed by atoms with E-state index in [0.29, 0.717) is 29.1 Å². The van der Waals surface area contributed by atoms with Crippen molar-refractivity contribution in [1.82, 2.24) is 25.5 Å². The summed E-state index contributed by atoms with van der Waals surface area (Å²) in [6.07, 6.45) is 5.54. The average molecular weight is 405 g/mol. The molecule has 2 N–H and O–H groups in total. The standard InChI is InChI=1S/C23H24FN5O/c1-12-8-23(3)9-17(20(24)21(12)27-23)13(2)22-26-11-18(28-29-22)16-6-14-4-5-25-10-15(14)7-19(16)30/h4-7,10-12,17,20-21,27,30H,2,8-9H2,1,3H3/t12?,17-,20-,21?,23+/m1/s1. The first-order valence-electron chi connectivity index (χ1n) is 10.2. The number of aromatic nitrogens is 4. The SMILES string of the molecule is C=C(c1ncc(-c2cc3ccncc3cc2O)nn1)[C@H]1C[C@]2(C)CC(C)C(N2)[C@@H]1F. The lowest BCUT2D eigenvalue weighted by Crippen LogP contribution is -2.54. The molecule has 5 atom stereocenters. The van der Waals surface area contributed by atoms with Gasteiger partial charge in [-0.25, -0.2) is 9.37 Å². The Labute approximate surface area is 174 Å². The minimum Gasteiger partial charge on any atom is -0.507 e. The van der Waals surface area contributed by atoms with Gasteiger partial charge in [0, 0.05) is 40.8 Å². The van der Waals surface area contributed by atoms with Gasteiger partial charge in [-0.3, -0.25) is 4.98 Å². The largest absolute Gasteiger partial charge is 0.507 e. The number of halogens is 1. The average Bonchev–Trinajstić information content (AvgIpc) is 3.00. The predicted molar refractivity (Wildman–Crippen MR) is 113 cm³/mol. The molecule has 2 bridgehead atoms. The van der Waals surface area contributed by atoms with E-state index >= 15 is 4.39 Å². The van der Waals surface area contributed by atoms with Gasteiger partial charge in [-0.05, 0) is 54.8 Å². The summed E-state index contributed by atoms with van der Waals surface area (Å²) in [4.78, 5) is 8.48. The molecular formula is C23H24FN5O. The number of allylic oxidation sites excluding steroid dienone is 1. The Bertz CT molecular complexity index is 1130. The predicted octanol–water partition coefficient (Wildman–Crippen LogP) is 3.92. The third kappa shape index (κ3) is 3.04. The fourth-order valence-corrected chi connectivity index (χ4v) is 5.18. The third-order valence-corrected chi connectivity index (χ3v) is 6.63. The number of hydrogen-bond donors (Lipinski definition) is 2. The molecule has 2 unspecified atom stereocenters. The van der Waals surface area contributed by atoms with Crippen molar-refractivity contribution in [2.45, 2.75) is 44.4 Å². The van der Waals surface area contributed by atoms with Crippen LogP contribution in [0, 0.1) is 11.8 Å². The second kappa shape index (κ2) is 6.80. The number of hydrogen-bond acceptors (Lipinski definition) is 6. The monoisotopic (exact) mass is 405 g/mol. The molecule has 5 rings (SSSR count). The minimum atomic E-state index is -1.02. The van der Waals surface area contributed by atoms with Crippen LogP contribution < -0.4 is 5.32 Å². The number of fused-ring (bicyclic) bond motifs is 3. The molecule has 4 heterocycles. The second-order valence-corrected chi connectivity index (χ2v) is 8.95. The van der Waals surface area contributed by atoms with Gasteiger partial charge in [0.15, 0.2) is 5.82 Å². The van der Waals surface area contributed by atoms with Crippen molar-refractivity contribution in [3.05, 3.63) is 49.2 Å². The highest BCUT2D eigenvalue weighted by Gasteiger charge is 2.52. The van der Waals surface area contributed by atoms with Crippen molar-refractivity contribution in [3.63, 3.8) is 0 Å². The van der Waals surface area contributed by atoms with E-state index < -0.39 is 6.17 Å². The van der Waals surface area contributed by atoms with Gasteiger partial charge < -0.3 is 10.4 Å². The molecule has 154 valence electrons. The molecule has 2 fully saturated rings. The Morgan fingerprint density at radius 2 is 2.07 bits per heavy atom. The lowest BCUT2D eigenvalue weighted by molar-refractivity contribution is 0.127. The number of phenolic OH excluding ortho intramolecular Hbond substituents is 1. The highest BCUT2D eigenvalue weighted by atomic mass is 19.1. The summed E-state index contributed by atoms with van der Waals surface area (Å²) in [5, 5.41) is 24.1. The van der Waals surface area contributed by atoms with Crippen LogP contribution in [0.4, 0.5) is 4.39 Å². The van der Waals surface area contributed by atoms with Crippen LogP contribution in [0.5, 0.6) is 5.75 Å². The fraction of sp³-hybridized carbons (Fsp3) is 0.391. The van der Waals surface area contributed by atoms with E-state index in [-0.39, 0.29) is 29.2 Å². The molecule has 2 aromatic heterocycles. The van der Waals surface area contributed by atoms with Gasteiger partial charge in [0.05, 0.1) is 6.20 Å². The summed E-state index contributed by atoms with van der Waals surface area (Å²) in [5.41, 5.74) is 1.49. The summed E-state index contributed by atoms with van der Waals surface area (Å²) < 4.78 is 15.2. The van der Waals surface area contributed by atoms with E-state index in [1.165, 1.54) is 0 Å². The van der Waals surface area contributed by atoms with E-state index in [1.807, 2.05) is 12.1 Å². The van der Waals surface area contributed by atoms with Crippen molar-refractivity contribution in [1.29, 1.82) is 0 Å². The number of piperidine rings is 1. The molecule has 1 aromatic carbocycles. The van der Waals surface area contributed by atoms with E-state index in [2.05, 4.69) is 45.9 Å². The van der Waals surface area contributed by atoms with Gasteiger partial charge in [-0.1, -0.05) is 13.5 Å². The quantitative estimate of drug-likeness (QED) is 0.687. The van der Waals surface area contributed by atoms with Crippen LogP contribution >= 0.6 is 0 Å². The van der Waals surface area contributed by atoms with Crippen molar-refractivity contribution in [2.75, 3.05) is 0 Å². The van der Waals surface area contributed by atoms with Gasteiger partial charge in [-0.2, -0.15) is 0 Å². The zero-order valence-electron chi connectivity index (χ0n) is 17.0. The fourth-order valence-electron chi connectivity index (χ4n) is 5.18. The maximum Gasteiger partial charge on any atom is 0.177 e. The molecule has 0 radical (unpaired) electrons. The molecule has 7 heteroatoms. The van der Waals surface area contributed by atoms with Crippen molar-refractivity contribution < 1.29 is 9.50 Å². The summed E-state index contributed by atoms with van der Waals surface area (Å²) in [6, 6.07) is 5.18. The lowest BCUT2D eigenvalue weighted by Gasteiger charge is -2.39. The second-order valence-electron chi connectivity index (χ2n) is 8.95. The maximum atomic E-state index is 15.2. The molecule has 30 heavy (non-hydrogen) atoms. The van der Waals surface area contributed by atoms with E-state index in [9.17, 15) is 5.11 Å². The van der Waals surface area contributed by atoms with Crippen LogP contribution in [0.25, 0.3) is 27.6 Å². The number of phenols is 1. The Morgan fingerprint density at radius 3 is 2.83 bits per heavy atom. The Kier molecular flexibility index (Phi) is 4.32. The lowest BCUT2D eigenvalue weighted by atomic mass is 9.79. The Morgan fingerprint density at radius 1 is 1.23 bits per heavy atom.